The molecule has 31 heavy (non-hydrogen) atoms. The molecule has 3 N–H and O–H groups in total. The fraction of sp³-hybridized carbons (Fsp3) is 0.381. The number of nitrogens with one attached hydrogen (secondary N) is 1. The molecule has 3 rings (SSSR count). The smallest absolute Gasteiger partial charge is 0.249 e. The van der Waals surface area contributed by atoms with Gasteiger partial charge in [-0.2, -0.15) is 4.98 Å². The zero-order valence-corrected chi connectivity index (χ0v) is 19.6. The van der Waals surface area contributed by atoms with Gasteiger partial charge in [-0.15, -0.1) is 11.3 Å². The van der Waals surface area contributed by atoms with Crippen LogP contribution in [0.1, 0.15) is 59.6 Å². The Balaban J connectivity index is 1.76. The maximum Gasteiger partial charge on any atom is 0.249 e. The molecule has 2 heterocycles. The van der Waals surface area contributed by atoms with Crippen LogP contribution in [0, 0.1) is 13.8 Å². The summed E-state index contributed by atoms with van der Waals surface area (Å²) < 4.78 is 4.98. The number of hydrogen-bond acceptors (Lipinski definition) is 7. The number of halogens is 1. The summed E-state index contributed by atoms with van der Waals surface area (Å²) in [5, 5.41) is 7.53. The number of aromatic nitrogens is 3. The van der Waals surface area contributed by atoms with Crippen molar-refractivity contribution < 1.29 is 14.1 Å². The largest absolute Gasteiger partial charge is 0.366 e. The number of nitrogens with zero attached hydrogens (tertiary/aromatic N) is 3. The number of carbonyl (C=O) groups excluding carboxylic acids is 2. The highest BCUT2D eigenvalue weighted by atomic mass is 35.5. The van der Waals surface area contributed by atoms with Crippen LogP contribution < -0.4 is 11.1 Å². The van der Waals surface area contributed by atoms with Crippen molar-refractivity contribution in [3.05, 3.63) is 44.7 Å². The predicted octanol–water partition coefficient (Wildman–Crippen LogP) is 4.43. The topological polar surface area (TPSA) is 124 Å². The van der Waals surface area contributed by atoms with Crippen LogP contribution in [0.15, 0.2) is 16.7 Å². The highest BCUT2D eigenvalue weighted by molar-refractivity contribution is 7.16. The molecule has 0 spiro atoms. The second kappa shape index (κ2) is 8.76. The van der Waals surface area contributed by atoms with Crippen molar-refractivity contribution in [3.63, 3.8) is 0 Å². The van der Waals surface area contributed by atoms with E-state index in [9.17, 15) is 9.59 Å². The molecule has 0 unspecified atom stereocenters. The fourth-order valence-corrected chi connectivity index (χ4v) is 4.58. The van der Waals surface area contributed by atoms with E-state index in [0.717, 1.165) is 10.6 Å². The minimum atomic E-state index is -0.648. The van der Waals surface area contributed by atoms with Crippen LogP contribution in [-0.2, 0) is 16.6 Å². The molecule has 0 aliphatic heterocycles. The lowest BCUT2D eigenvalue weighted by molar-refractivity contribution is -0.116. The van der Waals surface area contributed by atoms with Gasteiger partial charge in [-0.3, -0.25) is 9.59 Å². The average Bonchev–Trinajstić information content (AvgIpc) is 3.25. The van der Waals surface area contributed by atoms with Gasteiger partial charge < -0.3 is 15.6 Å². The van der Waals surface area contributed by atoms with Gasteiger partial charge in [0.25, 0.3) is 0 Å². The van der Waals surface area contributed by atoms with Gasteiger partial charge >= 0.3 is 0 Å². The Morgan fingerprint density at radius 3 is 2.48 bits per heavy atom. The monoisotopic (exact) mass is 461 g/mol. The molecule has 0 bridgehead atoms. The normalized spacial score (nSPS) is 11.5. The molecule has 10 heteroatoms. The molecule has 0 radical (unpaired) electrons. The Bertz CT molecular complexity index is 1150. The summed E-state index contributed by atoms with van der Waals surface area (Å²) in [5.74, 6) is -0.178. The van der Waals surface area contributed by atoms with E-state index in [1.165, 1.54) is 11.3 Å². The van der Waals surface area contributed by atoms with Gasteiger partial charge in [-0.1, -0.05) is 37.5 Å². The number of carbonyl (C=O) groups is 2. The van der Waals surface area contributed by atoms with Crippen molar-refractivity contribution in [2.24, 2.45) is 5.73 Å². The maximum atomic E-state index is 12.5. The molecule has 2 amide bonds. The zero-order chi connectivity index (χ0) is 22.9. The van der Waals surface area contributed by atoms with E-state index in [4.69, 9.17) is 21.9 Å². The third-order valence-electron chi connectivity index (χ3n) is 4.57. The molecule has 0 fully saturated rings. The Kier molecular flexibility index (Phi) is 6.47. The van der Waals surface area contributed by atoms with Crippen molar-refractivity contribution >= 4 is 39.9 Å². The van der Waals surface area contributed by atoms with Gasteiger partial charge in [0, 0.05) is 34.4 Å². The average molecular weight is 462 g/mol. The first kappa shape index (κ1) is 22.9. The Hall–Kier alpha value is -2.78. The molecule has 0 aliphatic carbocycles. The molecule has 0 atom stereocenters. The molecule has 8 nitrogen and oxygen atoms in total. The number of benzene rings is 1. The molecule has 1 aromatic carbocycles. The Labute approximate surface area is 189 Å². The minimum Gasteiger partial charge on any atom is -0.366 e. The predicted molar refractivity (Wildman–Crippen MR) is 121 cm³/mol. The lowest BCUT2D eigenvalue weighted by Gasteiger charge is -2.16. The van der Waals surface area contributed by atoms with E-state index in [0.29, 0.717) is 33.0 Å². The molecule has 3 aromatic rings. The van der Waals surface area contributed by atoms with Crippen LogP contribution in [0.5, 0.6) is 0 Å². The van der Waals surface area contributed by atoms with Gasteiger partial charge in [0.2, 0.25) is 23.5 Å². The summed E-state index contributed by atoms with van der Waals surface area (Å²) >= 11 is 7.88. The second-order valence-electron chi connectivity index (χ2n) is 8.22. The lowest BCUT2D eigenvalue weighted by Crippen LogP contribution is -2.17. The fourth-order valence-electron chi connectivity index (χ4n) is 3.22. The van der Waals surface area contributed by atoms with Crippen LogP contribution in [0.25, 0.3) is 11.4 Å². The molecule has 0 saturated heterocycles. The van der Waals surface area contributed by atoms with Crippen LogP contribution >= 0.6 is 22.9 Å². The Morgan fingerprint density at radius 2 is 1.94 bits per heavy atom. The van der Waals surface area contributed by atoms with E-state index in [2.05, 4.69) is 41.2 Å². The third kappa shape index (κ3) is 5.29. The van der Waals surface area contributed by atoms with Crippen molar-refractivity contribution in [1.82, 2.24) is 15.1 Å². The minimum absolute atomic E-state index is 0.0480. The first-order chi connectivity index (χ1) is 14.5. The van der Waals surface area contributed by atoms with Crippen molar-refractivity contribution in [2.45, 2.75) is 52.9 Å². The first-order valence-corrected chi connectivity index (χ1v) is 10.9. The zero-order valence-electron chi connectivity index (χ0n) is 18.0. The van der Waals surface area contributed by atoms with Crippen molar-refractivity contribution in [1.29, 1.82) is 0 Å². The number of anilines is 1. The van der Waals surface area contributed by atoms with E-state index in [1.807, 2.05) is 6.92 Å². The molecular weight excluding hydrogens is 438 g/mol. The van der Waals surface area contributed by atoms with E-state index < -0.39 is 5.91 Å². The van der Waals surface area contributed by atoms with Crippen LogP contribution in [-0.4, -0.2) is 26.9 Å². The Morgan fingerprint density at radius 1 is 1.23 bits per heavy atom. The SMILES string of the molecule is Cc1nc(-c2cc(Cl)c(CCC(=O)Nc3nc(C)c(C(C)(C)C)s3)c(C(N)=O)c2)no1. The van der Waals surface area contributed by atoms with E-state index in [1.54, 1.807) is 19.1 Å². The number of aryl methyl sites for hydroxylation is 2. The molecular formula is C21H24ClN5O3S. The van der Waals surface area contributed by atoms with Gasteiger partial charge in [0.05, 0.1) is 5.69 Å². The van der Waals surface area contributed by atoms with Gasteiger partial charge in [0.15, 0.2) is 5.13 Å². The van der Waals surface area contributed by atoms with E-state index in [-0.39, 0.29) is 29.7 Å². The highest BCUT2D eigenvalue weighted by Crippen LogP contribution is 2.34. The molecule has 0 saturated carbocycles. The number of thiazole rings is 1. The van der Waals surface area contributed by atoms with Crippen molar-refractivity contribution in [2.75, 3.05) is 5.32 Å². The molecule has 2 aromatic heterocycles. The number of rotatable bonds is 6. The number of nitrogens with two attached hydrogens (primary N) is 1. The molecule has 0 aliphatic rings. The van der Waals surface area contributed by atoms with Crippen LogP contribution in [0.2, 0.25) is 5.02 Å². The summed E-state index contributed by atoms with van der Waals surface area (Å²) in [5.41, 5.74) is 7.64. The summed E-state index contributed by atoms with van der Waals surface area (Å²) in [6.45, 7) is 9.90. The van der Waals surface area contributed by atoms with Crippen molar-refractivity contribution in [3.8, 4) is 11.4 Å². The van der Waals surface area contributed by atoms with Gasteiger partial charge in [0.1, 0.15) is 0 Å². The van der Waals surface area contributed by atoms with Gasteiger partial charge in [-0.05, 0) is 36.5 Å². The lowest BCUT2D eigenvalue weighted by atomic mass is 9.94. The summed E-state index contributed by atoms with van der Waals surface area (Å²) in [4.78, 5) is 34.2. The van der Waals surface area contributed by atoms with Gasteiger partial charge in [-0.25, -0.2) is 4.98 Å². The number of primary amides is 1. The summed E-state index contributed by atoms with van der Waals surface area (Å²) in [6, 6.07) is 3.19. The van der Waals surface area contributed by atoms with Crippen LogP contribution in [0.3, 0.4) is 0 Å². The highest BCUT2D eigenvalue weighted by Gasteiger charge is 2.22. The third-order valence-corrected chi connectivity index (χ3v) is 6.41. The second-order valence-corrected chi connectivity index (χ2v) is 9.62. The quantitative estimate of drug-likeness (QED) is 0.559. The number of hydrogen-bond donors (Lipinski definition) is 2. The first-order valence-electron chi connectivity index (χ1n) is 9.66. The summed E-state index contributed by atoms with van der Waals surface area (Å²) in [6.07, 6.45) is 0.356. The maximum absolute atomic E-state index is 12.5. The molecule has 164 valence electrons. The standard InChI is InChI=1S/C21H24ClN5O3S/c1-10-17(21(3,4)5)31-20(24-10)26-16(28)7-6-13-14(18(23)29)8-12(9-15(13)22)19-25-11(2)30-27-19/h8-9H,6-7H2,1-5H3,(H2,23,29)(H,24,26,28). The summed E-state index contributed by atoms with van der Waals surface area (Å²) in [7, 11) is 0. The van der Waals surface area contributed by atoms with Crippen LogP contribution in [0.4, 0.5) is 5.13 Å². The number of amides is 2. The van der Waals surface area contributed by atoms with E-state index >= 15 is 0 Å².